The van der Waals surface area contributed by atoms with Crippen molar-refractivity contribution in [2.24, 2.45) is 17.8 Å². The summed E-state index contributed by atoms with van der Waals surface area (Å²) in [6.07, 6.45) is 3.29. The number of rotatable bonds is 2. The topological polar surface area (TPSA) is 52.6 Å². The van der Waals surface area contributed by atoms with E-state index in [9.17, 15) is 9.59 Å². The van der Waals surface area contributed by atoms with Gasteiger partial charge in [-0.3, -0.25) is 4.79 Å². The Bertz CT molecular complexity index is 600. The predicted molar refractivity (Wildman–Crippen MR) is 86.5 cm³/mol. The van der Waals surface area contributed by atoms with Crippen molar-refractivity contribution in [3.8, 4) is 0 Å². The standard InChI is InChI=1S/C19H26O4/c1-10(2)17(20)23-19(5)9-8-13-11(3)6-7-14-12(4)18(21)22-16(14)15(13)19/h10,14-16H,4,6-9H2,1-3,5H3/t14-,15?,16-,19+/m0/s1. The van der Waals surface area contributed by atoms with Crippen LogP contribution in [0.2, 0.25) is 0 Å². The molecule has 0 spiro atoms. The van der Waals surface area contributed by atoms with Crippen LogP contribution in [0.25, 0.3) is 0 Å². The van der Waals surface area contributed by atoms with Gasteiger partial charge < -0.3 is 9.47 Å². The molecule has 0 bridgehead atoms. The highest BCUT2D eigenvalue weighted by molar-refractivity contribution is 5.91. The second-order valence-corrected chi connectivity index (χ2v) is 7.71. The SMILES string of the molecule is C=C1C(=O)O[C@@H]2C3C(=C(C)CC[C@@H]12)CC[C@@]3(C)OC(=O)C(C)C. The van der Waals surface area contributed by atoms with Crippen molar-refractivity contribution < 1.29 is 19.1 Å². The summed E-state index contributed by atoms with van der Waals surface area (Å²) in [5.41, 5.74) is 2.65. The number of hydrogen-bond donors (Lipinski definition) is 0. The number of ether oxygens (including phenoxy) is 2. The molecule has 0 N–H and O–H groups in total. The van der Waals surface area contributed by atoms with E-state index in [-0.39, 0.29) is 35.8 Å². The normalized spacial score (nSPS) is 36.7. The minimum Gasteiger partial charge on any atom is -0.458 e. The summed E-state index contributed by atoms with van der Waals surface area (Å²) >= 11 is 0. The molecule has 0 amide bonds. The molecule has 0 aromatic rings. The molecule has 1 saturated heterocycles. The van der Waals surface area contributed by atoms with Crippen LogP contribution < -0.4 is 0 Å². The van der Waals surface area contributed by atoms with E-state index >= 15 is 0 Å². The van der Waals surface area contributed by atoms with Crippen LogP contribution in [0, 0.1) is 17.8 Å². The summed E-state index contributed by atoms with van der Waals surface area (Å²) < 4.78 is 11.6. The molecule has 3 aliphatic rings. The number of carbonyl (C=O) groups excluding carboxylic acids is 2. The average molecular weight is 318 g/mol. The lowest BCUT2D eigenvalue weighted by Crippen LogP contribution is -2.44. The molecule has 2 fully saturated rings. The Morgan fingerprint density at radius 2 is 2.09 bits per heavy atom. The van der Waals surface area contributed by atoms with Crippen LogP contribution in [0.1, 0.15) is 53.4 Å². The van der Waals surface area contributed by atoms with Gasteiger partial charge in [0.15, 0.2) is 0 Å². The minimum absolute atomic E-state index is 0.0372. The van der Waals surface area contributed by atoms with E-state index in [1.54, 1.807) is 0 Å². The zero-order chi connectivity index (χ0) is 16.9. The van der Waals surface area contributed by atoms with Gasteiger partial charge in [-0.2, -0.15) is 0 Å². The number of fused-ring (bicyclic) bond motifs is 3. The van der Waals surface area contributed by atoms with Gasteiger partial charge in [-0.25, -0.2) is 4.79 Å². The highest BCUT2D eigenvalue weighted by Crippen LogP contribution is 2.53. The molecule has 4 nitrogen and oxygen atoms in total. The number of carbonyl (C=O) groups is 2. The summed E-state index contributed by atoms with van der Waals surface area (Å²) in [6, 6.07) is 0. The summed E-state index contributed by atoms with van der Waals surface area (Å²) in [5.74, 6) is -0.640. The van der Waals surface area contributed by atoms with E-state index < -0.39 is 5.60 Å². The Kier molecular flexibility index (Phi) is 3.89. The molecule has 1 heterocycles. The third-order valence-corrected chi connectivity index (χ3v) is 5.79. The van der Waals surface area contributed by atoms with Crippen molar-refractivity contribution in [3.63, 3.8) is 0 Å². The first kappa shape index (κ1) is 16.3. The maximum absolute atomic E-state index is 12.2. The van der Waals surface area contributed by atoms with E-state index in [0.29, 0.717) is 5.57 Å². The van der Waals surface area contributed by atoms with Crippen LogP contribution in [-0.4, -0.2) is 23.6 Å². The quantitative estimate of drug-likeness (QED) is 0.444. The third kappa shape index (κ3) is 2.52. The third-order valence-electron chi connectivity index (χ3n) is 5.79. The maximum atomic E-state index is 12.2. The van der Waals surface area contributed by atoms with Crippen molar-refractivity contribution in [2.75, 3.05) is 0 Å². The highest BCUT2D eigenvalue weighted by atomic mass is 16.6. The molecule has 0 radical (unpaired) electrons. The van der Waals surface area contributed by atoms with Gasteiger partial charge in [0.2, 0.25) is 0 Å². The number of allylic oxidation sites excluding steroid dienone is 1. The summed E-state index contributed by atoms with van der Waals surface area (Å²) in [5, 5.41) is 0. The van der Waals surface area contributed by atoms with Gasteiger partial charge in [0.05, 0.1) is 11.8 Å². The van der Waals surface area contributed by atoms with Crippen molar-refractivity contribution in [3.05, 3.63) is 23.3 Å². The lowest BCUT2D eigenvalue weighted by molar-refractivity contribution is -0.170. The molecular weight excluding hydrogens is 292 g/mol. The molecule has 1 aliphatic heterocycles. The Labute approximate surface area is 137 Å². The van der Waals surface area contributed by atoms with E-state index in [2.05, 4.69) is 13.5 Å². The van der Waals surface area contributed by atoms with Crippen LogP contribution in [-0.2, 0) is 19.1 Å². The minimum atomic E-state index is -0.601. The second kappa shape index (κ2) is 5.50. The fraction of sp³-hybridized carbons (Fsp3) is 0.684. The van der Waals surface area contributed by atoms with Gasteiger partial charge in [-0.15, -0.1) is 0 Å². The van der Waals surface area contributed by atoms with Gasteiger partial charge in [-0.05, 0) is 39.5 Å². The summed E-state index contributed by atoms with van der Waals surface area (Å²) in [4.78, 5) is 24.2. The first-order chi connectivity index (χ1) is 10.7. The van der Waals surface area contributed by atoms with Crippen molar-refractivity contribution in [2.45, 2.75) is 65.1 Å². The van der Waals surface area contributed by atoms with Crippen LogP contribution in [0.5, 0.6) is 0 Å². The molecule has 126 valence electrons. The fourth-order valence-electron chi connectivity index (χ4n) is 4.35. The van der Waals surface area contributed by atoms with Crippen LogP contribution in [0.4, 0.5) is 0 Å². The van der Waals surface area contributed by atoms with Gasteiger partial charge in [0.25, 0.3) is 0 Å². The molecule has 23 heavy (non-hydrogen) atoms. The predicted octanol–water partition coefficient (Wildman–Crippen LogP) is 3.56. The lowest BCUT2D eigenvalue weighted by Gasteiger charge is -2.36. The van der Waals surface area contributed by atoms with Gasteiger partial charge in [0.1, 0.15) is 11.7 Å². The van der Waals surface area contributed by atoms with Crippen molar-refractivity contribution >= 4 is 11.9 Å². The molecule has 0 aromatic carbocycles. The molecule has 4 atom stereocenters. The maximum Gasteiger partial charge on any atom is 0.334 e. The second-order valence-electron chi connectivity index (χ2n) is 7.71. The van der Waals surface area contributed by atoms with Crippen LogP contribution in [0.3, 0.4) is 0 Å². The van der Waals surface area contributed by atoms with E-state index in [0.717, 1.165) is 25.7 Å². The Morgan fingerprint density at radius 3 is 2.74 bits per heavy atom. The molecule has 3 rings (SSSR count). The fourth-order valence-corrected chi connectivity index (χ4v) is 4.35. The molecule has 2 aliphatic carbocycles. The molecule has 0 aromatic heterocycles. The first-order valence-corrected chi connectivity index (χ1v) is 8.55. The largest absolute Gasteiger partial charge is 0.458 e. The zero-order valence-corrected chi connectivity index (χ0v) is 14.5. The van der Waals surface area contributed by atoms with Crippen molar-refractivity contribution in [1.29, 1.82) is 0 Å². The first-order valence-electron chi connectivity index (χ1n) is 8.55. The molecule has 1 saturated carbocycles. The molecule has 1 unspecified atom stereocenters. The summed E-state index contributed by atoms with van der Waals surface area (Å²) in [6.45, 7) is 11.8. The van der Waals surface area contributed by atoms with E-state index in [1.807, 2.05) is 20.8 Å². The zero-order valence-electron chi connectivity index (χ0n) is 14.5. The van der Waals surface area contributed by atoms with Gasteiger partial charge in [-0.1, -0.05) is 31.6 Å². The molecule has 4 heteroatoms. The number of esters is 2. The van der Waals surface area contributed by atoms with E-state index in [1.165, 1.54) is 11.1 Å². The highest BCUT2D eigenvalue weighted by Gasteiger charge is 2.56. The van der Waals surface area contributed by atoms with Gasteiger partial charge in [0, 0.05) is 11.5 Å². The average Bonchev–Trinajstić information content (AvgIpc) is 2.89. The van der Waals surface area contributed by atoms with Crippen molar-refractivity contribution in [1.82, 2.24) is 0 Å². The Balaban J connectivity index is 1.99. The smallest absolute Gasteiger partial charge is 0.334 e. The van der Waals surface area contributed by atoms with Gasteiger partial charge >= 0.3 is 11.9 Å². The van der Waals surface area contributed by atoms with Crippen LogP contribution in [0.15, 0.2) is 23.3 Å². The Morgan fingerprint density at radius 1 is 1.39 bits per heavy atom. The lowest BCUT2D eigenvalue weighted by atomic mass is 9.79. The summed E-state index contributed by atoms with van der Waals surface area (Å²) in [7, 11) is 0. The van der Waals surface area contributed by atoms with Crippen LogP contribution >= 0.6 is 0 Å². The molecular formula is C19H26O4. The Hall–Kier alpha value is -1.58. The monoisotopic (exact) mass is 318 g/mol. The number of hydrogen-bond acceptors (Lipinski definition) is 4. The van der Waals surface area contributed by atoms with E-state index in [4.69, 9.17) is 9.47 Å².